The number of carbonyl (C=O) groups excluding carboxylic acids is 1. The third-order valence-electron chi connectivity index (χ3n) is 4.33. The first-order valence-electron chi connectivity index (χ1n) is 7.06. The molecule has 2 fully saturated rings. The first-order chi connectivity index (χ1) is 10.0. The van der Waals surface area contributed by atoms with Gasteiger partial charge >= 0.3 is 5.97 Å². The smallest absolute Gasteiger partial charge is 0.319 e. The molecule has 0 spiro atoms. The van der Waals surface area contributed by atoms with Gasteiger partial charge in [0, 0.05) is 31.9 Å². The molecule has 1 aliphatic heterocycles. The lowest BCUT2D eigenvalue weighted by molar-refractivity contribution is -0.153. The zero-order valence-corrected chi connectivity index (χ0v) is 11.6. The normalized spacial score (nSPS) is 20.2. The maximum atomic E-state index is 12.9. The van der Waals surface area contributed by atoms with Gasteiger partial charge in [-0.25, -0.2) is 4.39 Å². The molecule has 1 saturated heterocycles. The molecule has 21 heavy (non-hydrogen) atoms. The van der Waals surface area contributed by atoms with Crippen molar-refractivity contribution in [2.24, 2.45) is 5.41 Å². The van der Waals surface area contributed by atoms with Gasteiger partial charge in [-0.1, -0.05) is 0 Å². The van der Waals surface area contributed by atoms with Gasteiger partial charge in [-0.2, -0.15) is 0 Å². The molecule has 1 N–H and O–H groups in total. The van der Waals surface area contributed by atoms with Crippen LogP contribution in [0.4, 0.5) is 10.1 Å². The molecule has 0 radical (unpaired) electrons. The van der Waals surface area contributed by atoms with E-state index in [1.807, 2.05) is 0 Å². The fourth-order valence-electron chi connectivity index (χ4n) is 2.77. The number of carbonyl (C=O) groups is 2. The lowest BCUT2D eigenvalue weighted by Gasteiger charge is -2.37. The standard InChI is InChI=1S/C15H17FN2O3/c16-11-1-3-12(4-2-11)17-7-9-18(10-8-17)13(19)15(5-6-15)14(20)21/h1-4H,5-10H2,(H,20,21). The largest absolute Gasteiger partial charge is 0.480 e. The lowest BCUT2D eigenvalue weighted by Crippen LogP contribution is -2.52. The van der Waals surface area contributed by atoms with Gasteiger partial charge in [0.1, 0.15) is 11.2 Å². The van der Waals surface area contributed by atoms with Crippen LogP contribution in [-0.2, 0) is 9.59 Å². The van der Waals surface area contributed by atoms with Crippen molar-refractivity contribution in [3.05, 3.63) is 30.1 Å². The minimum Gasteiger partial charge on any atom is -0.480 e. The second-order valence-corrected chi connectivity index (χ2v) is 5.64. The molecular weight excluding hydrogens is 275 g/mol. The summed E-state index contributed by atoms with van der Waals surface area (Å²) in [5, 5.41) is 9.17. The molecule has 2 aliphatic rings. The molecule has 112 valence electrons. The SMILES string of the molecule is O=C(O)C1(C(=O)N2CCN(c3ccc(F)cc3)CC2)CC1. The molecule has 0 aromatic heterocycles. The molecule has 1 amide bonds. The van der Waals surface area contributed by atoms with E-state index < -0.39 is 11.4 Å². The predicted octanol–water partition coefficient (Wildman–Crippen LogP) is 1.34. The predicted molar refractivity (Wildman–Crippen MR) is 74.5 cm³/mol. The number of amides is 1. The minimum atomic E-state index is -1.15. The average molecular weight is 292 g/mol. The van der Waals surface area contributed by atoms with Crippen LogP contribution in [0.2, 0.25) is 0 Å². The topological polar surface area (TPSA) is 60.9 Å². The summed E-state index contributed by atoms with van der Waals surface area (Å²) >= 11 is 0. The second kappa shape index (κ2) is 5.02. The minimum absolute atomic E-state index is 0.256. The molecule has 3 rings (SSSR count). The molecule has 0 unspecified atom stereocenters. The Bertz CT molecular complexity index is 561. The highest BCUT2D eigenvalue weighted by atomic mass is 19.1. The lowest BCUT2D eigenvalue weighted by atomic mass is 10.1. The van der Waals surface area contributed by atoms with Crippen molar-refractivity contribution in [1.29, 1.82) is 0 Å². The summed E-state index contributed by atoms with van der Waals surface area (Å²) in [7, 11) is 0. The van der Waals surface area contributed by atoms with E-state index in [1.165, 1.54) is 12.1 Å². The Hall–Kier alpha value is -2.11. The van der Waals surface area contributed by atoms with Gasteiger partial charge in [0.15, 0.2) is 0 Å². The maximum absolute atomic E-state index is 12.9. The van der Waals surface area contributed by atoms with Crippen LogP contribution < -0.4 is 4.90 Å². The van der Waals surface area contributed by atoms with Gasteiger partial charge in [-0.05, 0) is 37.1 Å². The number of nitrogens with zero attached hydrogens (tertiary/aromatic N) is 2. The Kier molecular flexibility index (Phi) is 3.31. The molecule has 6 heteroatoms. The number of rotatable bonds is 3. The van der Waals surface area contributed by atoms with Crippen molar-refractivity contribution in [3.8, 4) is 0 Å². The molecule has 1 aromatic rings. The van der Waals surface area contributed by atoms with Crippen LogP contribution in [0.5, 0.6) is 0 Å². The van der Waals surface area contributed by atoms with Crippen molar-refractivity contribution in [3.63, 3.8) is 0 Å². The third kappa shape index (κ3) is 2.46. The van der Waals surface area contributed by atoms with Crippen molar-refractivity contribution in [2.45, 2.75) is 12.8 Å². The number of hydrogen-bond acceptors (Lipinski definition) is 3. The first-order valence-corrected chi connectivity index (χ1v) is 7.06. The Morgan fingerprint density at radius 2 is 1.62 bits per heavy atom. The fraction of sp³-hybridized carbons (Fsp3) is 0.467. The van der Waals surface area contributed by atoms with Crippen molar-refractivity contribution >= 4 is 17.6 Å². The van der Waals surface area contributed by atoms with Crippen LogP contribution in [-0.4, -0.2) is 48.1 Å². The second-order valence-electron chi connectivity index (χ2n) is 5.64. The molecule has 1 heterocycles. The number of piperazine rings is 1. The van der Waals surface area contributed by atoms with E-state index in [9.17, 15) is 14.0 Å². The molecule has 1 aromatic carbocycles. The Labute approximate surface area is 122 Å². The summed E-state index contributed by atoms with van der Waals surface area (Å²) in [6.45, 7) is 2.27. The number of carboxylic acids is 1. The monoisotopic (exact) mass is 292 g/mol. The van der Waals surface area contributed by atoms with E-state index in [4.69, 9.17) is 5.11 Å². The van der Waals surface area contributed by atoms with E-state index in [0.717, 1.165) is 5.69 Å². The van der Waals surface area contributed by atoms with E-state index in [1.54, 1.807) is 17.0 Å². The van der Waals surface area contributed by atoms with Gasteiger partial charge in [-0.15, -0.1) is 0 Å². The first kappa shape index (κ1) is 13.9. The highest BCUT2D eigenvalue weighted by Crippen LogP contribution is 2.47. The van der Waals surface area contributed by atoms with Gasteiger partial charge in [0.25, 0.3) is 0 Å². The van der Waals surface area contributed by atoms with Crippen LogP contribution in [0.3, 0.4) is 0 Å². The van der Waals surface area contributed by atoms with E-state index in [0.29, 0.717) is 39.0 Å². The molecule has 5 nitrogen and oxygen atoms in total. The van der Waals surface area contributed by atoms with E-state index in [-0.39, 0.29) is 11.7 Å². The Balaban J connectivity index is 1.62. The molecule has 1 aliphatic carbocycles. The zero-order valence-electron chi connectivity index (χ0n) is 11.6. The van der Waals surface area contributed by atoms with Gasteiger partial charge in [0.2, 0.25) is 5.91 Å². The van der Waals surface area contributed by atoms with Crippen LogP contribution in [0.1, 0.15) is 12.8 Å². The number of carboxylic acid groups (broad SMARTS) is 1. The fourth-order valence-corrected chi connectivity index (χ4v) is 2.77. The van der Waals surface area contributed by atoms with Gasteiger partial charge in [0.05, 0.1) is 0 Å². The highest BCUT2D eigenvalue weighted by molar-refractivity contribution is 6.04. The summed E-state index contributed by atoms with van der Waals surface area (Å²) in [6, 6.07) is 6.26. The van der Waals surface area contributed by atoms with Crippen molar-refractivity contribution in [1.82, 2.24) is 4.90 Å². The van der Waals surface area contributed by atoms with E-state index >= 15 is 0 Å². The van der Waals surface area contributed by atoms with Crippen molar-refractivity contribution < 1.29 is 19.1 Å². The van der Waals surface area contributed by atoms with Gasteiger partial charge in [-0.3, -0.25) is 9.59 Å². The number of halogens is 1. The molecular formula is C15H17FN2O3. The Morgan fingerprint density at radius 3 is 2.10 bits per heavy atom. The molecule has 1 saturated carbocycles. The van der Waals surface area contributed by atoms with Crippen LogP contribution >= 0.6 is 0 Å². The quantitative estimate of drug-likeness (QED) is 0.854. The van der Waals surface area contributed by atoms with Crippen LogP contribution in [0, 0.1) is 11.2 Å². The average Bonchev–Trinajstić information content (AvgIpc) is 3.29. The third-order valence-corrected chi connectivity index (χ3v) is 4.33. The van der Waals surface area contributed by atoms with Crippen LogP contribution in [0.15, 0.2) is 24.3 Å². The zero-order chi connectivity index (χ0) is 15.0. The number of benzene rings is 1. The highest BCUT2D eigenvalue weighted by Gasteiger charge is 2.58. The number of anilines is 1. The number of aliphatic carboxylic acids is 1. The van der Waals surface area contributed by atoms with Crippen molar-refractivity contribution in [2.75, 3.05) is 31.1 Å². The summed E-state index contributed by atoms with van der Waals surface area (Å²) in [5.74, 6) is -1.54. The van der Waals surface area contributed by atoms with Gasteiger partial charge < -0.3 is 14.9 Å². The summed E-state index contributed by atoms with van der Waals surface area (Å²) in [5.41, 5.74) is -0.235. The van der Waals surface area contributed by atoms with Crippen LogP contribution in [0.25, 0.3) is 0 Å². The summed E-state index contributed by atoms with van der Waals surface area (Å²) < 4.78 is 12.9. The summed E-state index contributed by atoms with van der Waals surface area (Å²) in [6.07, 6.45) is 0.888. The molecule has 0 atom stereocenters. The van der Waals surface area contributed by atoms with E-state index in [2.05, 4.69) is 4.90 Å². The summed E-state index contributed by atoms with van der Waals surface area (Å²) in [4.78, 5) is 27.2. The maximum Gasteiger partial charge on any atom is 0.319 e. The molecule has 0 bridgehead atoms. The number of hydrogen-bond donors (Lipinski definition) is 1. The Morgan fingerprint density at radius 1 is 1.05 bits per heavy atom.